The van der Waals surface area contributed by atoms with E-state index >= 15 is 0 Å². The van der Waals surface area contributed by atoms with E-state index in [1.165, 1.54) is 17.0 Å². The van der Waals surface area contributed by atoms with E-state index in [-0.39, 0.29) is 17.8 Å². The topological polar surface area (TPSA) is 76.2 Å². The monoisotopic (exact) mass is 584 g/mol. The molecule has 4 rings (SSSR count). The number of halogens is 2. The summed E-state index contributed by atoms with van der Waals surface area (Å²) in [5.74, 6) is -0.712. The summed E-state index contributed by atoms with van der Waals surface area (Å²) >= 11 is 6.07. The molecule has 0 aliphatic carbocycles. The quantitative estimate of drug-likeness (QED) is 0.348. The minimum atomic E-state index is -0.765. The first-order chi connectivity index (χ1) is 19.1. The van der Waals surface area contributed by atoms with Crippen LogP contribution in [0.15, 0.2) is 53.6 Å². The van der Waals surface area contributed by atoms with Crippen molar-refractivity contribution in [1.29, 1.82) is 0 Å². The zero-order chi connectivity index (χ0) is 30.1. The minimum Gasteiger partial charge on any atom is -0.444 e. The van der Waals surface area contributed by atoms with Crippen LogP contribution in [0.2, 0.25) is 5.02 Å². The standard InChI is InChI=1S/C32H38ClFN2O5/c1-31(2,3)40-29(38)35-15-13-22(14-16-35)26-19-24(36(28(26)37)30(39)41-32(4,5)6)17-20-7-9-21(10-8-20)25-18-23(33)11-12-27(25)34/h7-12,18,24H,13-17,19H2,1-6H3. The molecule has 1 unspecified atom stereocenters. The van der Waals surface area contributed by atoms with Crippen LogP contribution >= 0.6 is 11.6 Å². The first kappa shape index (κ1) is 30.6. The lowest BCUT2D eigenvalue weighted by Gasteiger charge is -2.31. The molecular weight excluding hydrogens is 547 g/mol. The van der Waals surface area contributed by atoms with Crippen LogP contribution in [0.3, 0.4) is 0 Å². The average molecular weight is 585 g/mol. The van der Waals surface area contributed by atoms with Crippen molar-refractivity contribution in [3.63, 3.8) is 0 Å². The highest BCUT2D eigenvalue weighted by molar-refractivity contribution is 6.30. The second-order valence-corrected chi connectivity index (χ2v) is 13.0. The van der Waals surface area contributed by atoms with Gasteiger partial charge in [-0.15, -0.1) is 0 Å². The molecular formula is C32H38ClFN2O5. The zero-order valence-corrected chi connectivity index (χ0v) is 25.3. The number of nitrogens with zero attached hydrogens (tertiary/aromatic N) is 2. The molecule has 2 aliphatic rings. The van der Waals surface area contributed by atoms with E-state index in [0.29, 0.717) is 60.5 Å². The summed E-state index contributed by atoms with van der Waals surface area (Å²) in [6, 6.07) is 11.4. The smallest absolute Gasteiger partial charge is 0.417 e. The van der Waals surface area contributed by atoms with E-state index in [0.717, 1.165) is 11.1 Å². The van der Waals surface area contributed by atoms with Gasteiger partial charge in [-0.3, -0.25) is 4.79 Å². The molecule has 7 nitrogen and oxygen atoms in total. The summed E-state index contributed by atoms with van der Waals surface area (Å²) in [6.45, 7) is 11.7. The van der Waals surface area contributed by atoms with Gasteiger partial charge in [-0.2, -0.15) is 0 Å². The van der Waals surface area contributed by atoms with Crippen molar-refractivity contribution in [3.8, 4) is 11.1 Å². The van der Waals surface area contributed by atoms with Crippen LogP contribution in [0.4, 0.5) is 14.0 Å². The molecule has 1 atom stereocenters. The van der Waals surface area contributed by atoms with Crippen molar-refractivity contribution in [2.75, 3.05) is 13.1 Å². The van der Waals surface area contributed by atoms with Gasteiger partial charge in [-0.1, -0.05) is 41.4 Å². The lowest BCUT2D eigenvalue weighted by molar-refractivity contribution is -0.125. The molecule has 2 aromatic carbocycles. The molecule has 0 aromatic heterocycles. The maximum atomic E-state index is 14.4. The van der Waals surface area contributed by atoms with Gasteiger partial charge in [0.15, 0.2) is 0 Å². The summed E-state index contributed by atoms with van der Waals surface area (Å²) < 4.78 is 25.5. The second kappa shape index (κ2) is 11.8. The van der Waals surface area contributed by atoms with Crippen LogP contribution in [-0.2, 0) is 20.7 Å². The van der Waals surface area contributed by atoms with E-state index in [9.17, 15) is 18.8 Å². The maximum Gasteiger partial charge on any atom is 0.417 e. The summed E-state index contributed by atoms with van der Waals surface area (Å²) in [5.41, 5.74) is 2.20. The number of hydrogen-bond donors (Lipinski definition) is 0. The minimum absolute atomic E-state index is 0.345. The molecule has 0 bridgehead atoms. The predicted molar refractivity (Wildman–Crippen MR) is 156 cm³/mol. The molecule has 41 heavy (non-hydrogen) atoms. The van der Waals surface area contributed by atoms with Crippen molar-refractivity contribution in [3.05, 3.63) is 70.0 Å². The number of ether oxygens (including phenoxy) is 2. The molecule has 220 valence electrons. The third-order valence-corrected chi connectivity index (χ3v) is 7.22. The number of likely N-dealkylation sites (tertiary alicyclic amines) is 2. The first-order valence-electron chi connectivity index (χ1n) is 13.9. The average Bonchev–Trinajstić information content (AvgIpc) is 3.19. The number of piperidine rings is 1. The summed E-state index contributed by atoms with van der Waals surface area (Å²) in [6.07, 6.45) is 0.847. The highest BCUT2D eigenvalue weighted by Crippen LogP contribution is 2.35. The Morgan fingerprint density at radius 3 is 2.10 bits per heavy atom. The highest BCUT2D eigenvalue weighted by Gasteiger charge is 2.43. The van der Waals surface area contributed by atoms with Gasteiger partial charge in [0.05, 0.1) is 6.04 Å². The van der Waals surface area contributed by atoms with Crippen molar-refractivity contribution < 1.29 is 28.2 Å². The van der Waals surface area contributed by atoms with Crippen LogP contribution in [-0.4, -0.2) is 58.2 Å². The Hall–Kier alpha value is -3.39. The van der Waals surface area contributed by atoms with Crippen molar-refractivity contribution in [2.45, 2.75) is 84.5 Å². The summed E-state index contributed by atoms with van der Waals surface area (Å²) in [5, 5.41) is 0.445. The molecule has 0 spiro atoms. The van der Waals surface area contributed by atoms with Gasteiger partial charge in [0.2, 0.25) is 0 Å². The Morgan fingerprint density at radius 2 is 1.51 bits per heavy atom. The van der Waals surface area contributed by atoms with Gasteiger partial charge >= 0.3 is 12.2 Å². The Morgan fingerprint density at radius 1 is 0.927 bits per heavy atom. The van der Waals surface area contributed by atoms with E-state index in [1.54, 1.807) is 31.7 Å². The lowest BCUT2D eigenvalue weighted by Crippen LogP contribution is -2.43. The molecule has 0 saturated carbocycles. The van der Waals surface area contributed by atoms with Crippen LogP contribution in [0.1, 0.15) is 66.4 Å². The van der Waals surface area contributed by atoms with E-state index in [2.05, 4.69) is 0 Å². The van der Waals surface area contributed by atoms with E-state index in [4.69, 9.17) is 21.1 Å². The number of hydrogen-bond acceptors (Lipinski definition) is 5. The number of amides is 3. The van der Waals surface area contributed by atoms with Crippen LogP contribution in [0, 0.1) is 5.82 Å². The maximum absolute atomic E-state index is 14.4. The van der Waals surface area contributed by atoms with Crippen molar-refractivity contribution >= 4 is 29.7 Å². The normalized spacial score (nSPS) is 18.1. The molecule has 9 heteroatoms. The SMILES string of the molecule is CC(C)(C)OC(=O)N1CCC(=C2CC(Cc3ccc(-c4cc(Cl)ccc4F)cc3)N(C(=O)OC(C)(C)C)C2=O)CC1. The number of carbonyl (C=O) groups is 3. The molecule has 2 fully saturated rings. The van der Waals surface area contributed by atoms with Crippen LogP contribution < -0.4 is 0 Å². The molecule has 2 heterocycles. The summed E-state index contributed by atoms with van der Waals surface area (Å²) in [4.78, 5) is 42.3. The van der Waals surface area contributed by atoms with Gasteiger partial charge in [-0.05, 0) is 96.6 Å². The van der Waals surface area contributed by atoms with Gasteiger partial charge in [-0.25, -0.2) is 18.9 Å². The largest absolute Gasteiger partial charge is 0.444 e. The number of carbonyl (C=O) groups excluding carboxylic acids is 3. The molecule has 2 saturated heterocycles. The van der Waals surface area contributed by atoms with Crippen molar-refractivity contribution in [2.24, 2.45) is 0 Å². The fraction of sp³-hybridized carbons (Fsp3) is 0.469. The second-order valence-electron chi connectivity index (χ2n) is 12.6. The predicted octanol–water partition coefficient (Wildman–Crippen LogP) is 7.55. The first-order valence-corrected chi connectivity index (χ1v) is 14.3. The molecule has 2 aromatic rings. The third-order valence-electron chi connectivity index (χ3n) is 6.98. The van der Waals surface area contributed by atoms with Crippen LogP contribution in [0.25, 0.3) is 11.1 Å². The van der Waals surface area contributed by atoms with E-state index < -0.39 is 23.3 Å². The van der Waals surface area contributed by atoms with Crippen LogP contribution in [0.5, 0.6) is 0 Å². The number of rotatable bonds is 3. The Labute approximate surface area is 246 Å². The Bertz CT molecular complexity index is 1350. The third kappa shape index (κ3) is 7.67. The van der Waals surface area contributed by atoms with Crippen molar-refractivity contribution in [1.82, 2.24) is 9.80 Å². The fourth-order valence-electron chi connectivity index (χ4n) is 5.13. The van der Waals surface area contributed by atoms with Gasteiger partial charge in [0.1, 0.15) is 17.0 Å². The molecule has 3 amide bonds. The lowest BCUT2D eigenvalue weighted by atomic mass is 9.94. The Balaban J connectivity index is 1.54. The molecule has 2 aliphatic heterocycles. The molecule has 0 radical (unpaired) electrons. The van der Waals surface area contributed by atoms with Gasteiger partial charge < -0.3 is 14.4 Å². The number of benzene rings is 2. The highest BCUT2D eigenvalue weighted by atomic mass is 35.5. The van der Waals surface area contributed by atoms with E-state index in [1.807, 2.05) is 45.0 Å². The molecule has 0 N–H and O–H groups in total. The zero-order valence-electron chi connectivity index (χ0n) is 24.6. The Kier molecular flexibility index (Phi) is 8.83. The summed E-state index contributed by atoms with van der Waals surface area (Å²) in [7, 11) is 0. The fourth-order valence-corrected chi connectivity index (χ4v) is 5.30. The number of imide groups is 1. The van der Waals surface area contributed by atoms with Gasteiger partial charge in [0, 0.05) is 29.2 Å². The van der Waals surface area contributed by atoms with Gasteiger partial charge in [0.25, 0.3) is 5.91 Å².